The summed E-state index contributed by atoms with van der Waals surface area (Å²) in [6, 6.07) is 8.01. The van der Waals surface area contributed by atoms with Crippen molar-refractivity contribution < 1.29 is 14.3 Å². The van der Waals surface area contributed by atoms with Gasteiger partial charge in [-0.25, -0.2) is 4.79 Å². The summed E-state index contributed by atoms with van der Waals surface area (Å²) < 4.78 is 4.75. The van der Waals surface area contributed by atoms with Gasteiger partial charge in [0.25, 0.3) is 0 Å². The molecule has 5 nitrogen and oxygen atoms in total. The summed E-state index contributed by atoms with van der Waals surface area (Å²) in [5, 5.41) is 5.47. The number of ether oxygens (including phenoxy) is 1. The van der Waals surface area contributed by atoms with Crippen molar-refractivity contribution in [1.29, 1.82) is 0 Å². The standard InChI is InChI=1S/C13H18N2O3/c1-9(12(16)14-2)15-11(13(17)18-3)10-7-5-4-6-8-10/h4-9,11,15H,1-3H3,(H,14,16). The Bertz CT molecular complexity index is 406. The second-order valence-electron chi connectivity index (χ2n) is 3.87. The van der Waals surface area contributed by atoms with Gasteiger partial charge in [-0.2, -0.15) is 0 Å². The Kier molecular flexibility index (Phi) is 5.32. The monoisotopic (exact) mass is 250 g/mol. The topological polar surface area (TPSA) is 67.4 Å². The molecule has 18 heavy (non-hydrogen) atoms. The molecule has 0 saturated carbocycles. The summed E-state index contributed by atoms with van der Waals surface area (Å²) in [6.07, 6.45) is 0. The van der Waals surface area contributed by atoms with Crippen LogP contribution < -0.4 is 10.6 Å². The second kappa shape index (κ2) is 6.76. The van der Waals surface area contributed by atoms with Crippen molar-refractivity contribution in [2.75, 3.05) is 14.2 Å². The van der Waals surface area contributed by atoms with Gasteiger partial charge in [-0.15, -0.1) is 0 Å². The minimum absolute atomic E-state index is 0.181. The molecule has 0 fully saturated rings. The van der Waals surface area contributed by atoms with Crippen molar-refractivity contribution in [3.05, 3.63) is 35.9 Å². The predicted molar refractivity (Wildman–Crippen MR) is 67.9 cm³/mol. The molecular formula is C13H18N2O3. The second-order valence-corrected chi connectivity index (χ2v) is 3.87. The van der Waals surface area contributed by atoms with Gasteiger partial charge in [0.2, 0.25) is 5.91 Å². The van der Waals surface area contributed by atoms with E-state index < -0.39 is 18.1 Å². The third-order valence-electron chi connectivity index (χ3n) is 2.63. The van der Waals surface area contributed by atoms with Gasteiger partial charge in [-0.1, -0.05) is 30.3 Å². The predicted octanol–water partition coefficient (Wildman–Crippen LogP) is 0.625. The SMILES string of the molecule is CNC(=O)C(C)NC(C(=O)OC)c1ccccc1. The molecule has 2 N–H and O–H groups in total. The van der Waals surface area contributed by atoms with E-state index in [0.29, 0.717) is 0 Å². The Labute approximate surface area is 107 Å². The average Bonchev–Trinajstić information content (AvgIpc) is 2.43. The highest BCUT2D eigenvalue weighted by Crippen LogP contribution is 2.14. The summed E-state index contributed by atoms with van der Waals surface area (Å²) >= 11 is 0. The van der Waals surface area contributed by atoms with E-state index in [4.69, 9.17) is 4.74 Å². The quantitative estimate of drug-likeness (QED) is 0.752. The molecule has 1 aromatic rings. The van der Waals surface area contributed by atoms with Crippen LogP contribution in [0, 0.1) is 0 Å². The number of carbonyl (C=O) groups is 2. The molecule has 0 spiro atoms. The number of carbonyl (C=O) groups excluding carboxylic acids is 2. The lowest BCUT2D eigenvalue weighted by Crippen LogP contribution is -2.44. The molecule has 1 aromatic carbocycles. The summed E-state index contributed by atoms with van der Waals surface area (Å²) in [6.45, 7) is 1.69. The van der Waals surface area contributed by atoms with Crippen LogP contribution in [0.2, 0.25) is 0 Å². The van der Waals surface area contributed by atoms with Gasteiger partial charge >= 0.3 is 5.97 Å². The third-order valence-corrected chi connectivity index (χ3v) is 2.63. The maximum Gasteiger partial charge on any atom is 0.327 e. The molecule has 0 saturated heterocycles. The Morgan fingerprint density at radius 1 is 1.22 bits per heavy atom. The maximum atomic E-state index is 11.7. The van der Waals surface area contributed by atoms with Crippen LogP contribution in [0.1, 0.15) is 18.5 Å². The molecule has 5 heteroatoms. The zero-order valence-electron chi connectivity index (χ0n) is 10.8. The van der Waals surface area contributed by atoms with Crippen LogP contribution in [0.25, 0.3) is 0 Å². The fourth-order valence-corrected chi connectivity index (χ4v) is 1.61. The van der Waals surface area contributed by atoms with Gasteiger partial charge in [-0.05, 0) is 12.5 Å². The van der Waals surface area contributed by atoms with Gasteiger partial charge in [-0.3, -0.25) is 10.1 Å². The normalized spacial score (nSPS) is 13.5. The molecule has 0 heterocycles. The maximum absolute atomic E-state index is 11.7. The number of benzene rings is 1. The number of esters is 1. The van der Waals surface area contributed by atoms with Crippen molar-refractivity contribution >= 4 is 11.9 Å². The van der Waals surface area contributed by atoms with Crippen LogP contribution in [-0.2, 0) is 14.3 Å². The highest BCUT2D eigenvalue weighted by molar-refractivity contribution is 5.83. The molecule has 0 bridgehead atoms. The zero-order chi connectivity index (χ0) is 13.5. The van der Waals surface area contributed by atoms with Crippen LogP contribution >= 0.6 is 0 Å². The Hall–Kier alpha value is -1.88. The highest BCUT2D eigenvalue weighted by atomic mass is 16.5. The average molecular weight is 250 g/mol. The van der Waals surface area contributed by atoms with Crippen molar-refractivity contribution in [1.82, 2.24) is 10.6 Å². The lowest BCUT2D eigenvalue weighted by Gasteiger charge is -2.20. The van der Waals surface area contributed by atoms with Gasteiger partial charge in [0.15, 0.2) is 0 Å². The summed E-state index contributed by atoms with van der Waals surface area (Å²) in [4.78, 5) is 23.2. The summed E-state index contributed by atoms with van der Waals surface area (Å²) in [5.41, 5.74) is 0.764. The zero-order valence-corrected chi connectivity index (χ0v) is 10.8. The smallest absolute Gasteiger partial charge is 0.327 e. The molecule has 0 aliphatic carbocycles. The first-order valence-electron chi connectivity index (χ1n) is 5.70. The fraction of sp³-hybridized carbons (Fsp3) is 0.385. The number of methoxy groups -OCH3 is 1. The molecule has 2 atom stereocenters. The van der Waals surface area contributed by atoms with E-state index in [0.717, 1.165) is 5.56 Å². The van der Waals surface area contributed by atoms with Crippen molar-refractivity contribution in [2.24, 2.45) is 0 Å². The Balaban J connectivity index is 2.87. The van der Waals surface area contributed by atoms with Crippen LogP contribution in [0.3, 0.4) is 0 Å². The van der Waals surface area contributed by atoms with Crippen LogP contribution in [0.4, 0.5) is 0 Å². The highest BCUT2D eigenvalue weighted by Gasteiger charge is 2.25. The van der Waals surface area contributed by atoms with E-state index in [-0.39, 0.29) is 5.91 Å². The van der Waals surface area contributed by atoms with Crippen LogP contribution in [-0.4, -0.2) is 32.1 Å². The van der Waals surface area contributed by atoms with Crippen molar-refractivity contribution in [3.63, 3.8) is 0 Å². The first-order valence-corrected chi connectivity index (χ1v) is 5.70. The van der Waals surface area contributed by atoms with E-state index in [9.17, 15) is 9.59 Å². The van der Waals surface area contributed by atoms with Crippen molar-refractivity contribution in [3.8, 4) is 0 Å². The number of hydrogen-bond donors (Lipinski definition) is 2. The summed E-state index contributed by atoms with van der Waals surface area (Å²) in [7, 11) is 2.88. The number of rotatable bonds is 5. The van der Waals surface area contributed by atoms with Gasteiger partial charge in [0.05, 0.1) is 13.2 Å². The Morgan fingerprint density at radius 2 is 1.83 bits per heavy atom. The molecule has 0 aliphatic rings. The molecule has 0 radical (unpaired) electrons. The van der Waals surface area contributed by atoms with E-state index in [1.54, 1.807) is 14.0 Å². The third kappa shape index (κ3) is 3.56. The molecule has 1 amide bonds. The summed E-state index contributed by atoms with van der Waals surface area (Å²) in [5.74, 6) is -0.600. The first-order chi connectivity index (χ1) is 8.60. The molecular weight excluding hydrogens is 232 g/mol. The minimum atomic E-state index is -0.650. The largest absolute Gasteiger partial charge is 0.468 e. The van der Waals surface area contributed by atoms with Gasteiger partial charge in [0, 0.05) is 7.05 Å². The number of amides is 1. The van der Waals surface area contributed by atoms with Crippen molar-refractivity contribution in [2.45, 2.75) is 19.0 Å². The Morgan fingerprint density at radius 3 is 2.33 bits per heavy atom. The molecule has 1 rings (SSSR count). The minimum Gasteiger partial charge on any atom is -0.468 e. The van der Waals surface area contributed by atoms with Crippen LogP contribution in [0.5, 0.6) is 0 Å². The van der Waals surface area contributed by atoms with E-state index in [1.807, 2.05) is 30.3 Å². The lowest BCUT2D eigenvalue weighted by molar-refractivity contribution is -0.143. The van der Waals surface area contributed by atoms with E-state index >= 15 is 0 Å². The molecule has 0 aliphatic heterocycles. The van der Waals surface area contributed by atoms with Gasteiger partial charge in [0.1, 0.15) is 6.04 Å². The first kappa shape index (κ1) is 14.2. The lowest BCUT2D eigenvalue weighted by atomic mass is 10.1. The number of likely N-dealkylation sites (N-methyl/N-ethyl adjacent to an activating group) is 1. The van der Waals surface area contributed by atoms with Gasteiger partial charge < -0.3 is 10.1 Å². The molecule has 98 valence electrons. The molecule has 2 unspecified atom stereocenters. The van der Waals surface area contributed by atoms with Crippen LogP contribution in [0.15, 0.2) is 30.3 Å². The molecule has 0 aromatic heterocycles. The number of hydrogen-bond acceptors (Lipinski definition) is 4. The van der Waals surface area contributed by atoms with E-state index in [1.165, 1.54) is 7.11 Å². The number of nitrogens with one attached hydrogen (secondary N) is 2. The van der Waals surface area contributed by atoms with E-state index in [2.05, 4.69) is 10.6 Å². The fourth-order valence-electron chi connectivity index (χ4n) is 1.61.